The quantitative estimate of drug-likeness (QED) is 0.632. The minimum atomic E-state index is -3.71. The zero-order chi connectivity index (χ0) is 21.4. The van der Waals surface area contributed by atoms with Crippen molar-refractivity contribution in [3.63, 3.8) is 0 Å². The number of methoxy groups -OCH3 is 1. The Labute approximate surface area is 170 Å². The molecule has 0 spiro atoms. The summed E-state index contributed by atoms with van der Waals surface area (Å²) >= 11 is 0. The van der Waals surface area contributed by atoms with Gasteiger partial charge in [0.05, 0.1) is 26.0 Å². The number of halogens is 1. The average molecular weight is 424 g/mol. The number of hydrogen-bond donors (Lipinski definition) is 1. The molecule has 2 aromatic rings. The topological polar surface area (TPSA) is 84.9 Å². The van der Waals surface area contributed by atoms with E-state index in [0.717, 1.165) is 10.6 Å². The molecule has 9 heteroatoms. The Morgan fingerprint density at radius 1 is 1.14 bits per heavy atom. The van der Waals surface area contributed by atoms with Crippen molar-refractivity contribution >= 4 is 15.9 Å². The number of amides is 1. The monoisotopic (exact) mass is 424 g/mol. The van der Waals surface area contributed by atoms with E-state index in [2.05, 4.69) is 5.32 Å². The molecule has 0 unspecified atom stereocenters. The minimum Gasteiger partial charge on any atom is -0.497 e. The number of nitrogens with zero attached hydrogens (tertiary/aromatic N) is 1. The second kappa shape index (κ2) is 10.2. The lowest BCUT2D eigenvalue weighted by Crippen LogP contribution is -2.44. The molecular formula is C20H25FN2O5S. The second-order valence-corrected chi connectivity index (χ2v) is 8.56. The highest BCUT2D eigenvalue weighted by molar-refractivity contribution is 7.88. The van der Waals surface area contributed by atoms with Crippen molar-refractivity contribution < 1.29 is 27.1 Å². The first kappa shape index (κ1) is 22.6. The van der Waals surface area contributed by atoms with Gasteiger partial charge in [-0.3, -0.25) is 4.79 Å². The summed E-state index contributed by atoms with van der Waals surface area (Å²) < 4.78 is 49.5. The normalized spacial score (nSPS) is 12.4. The van der Waals surface area contributed by atoms with E-state index < -0.39 is 28.3 Å². The lowest BCUT2D eigenvalue weighted by atomic mass is 10.2. The van der Waals surface area contributed by atoms with Crippen LogP contribution in [0.15, 0.2) is 48.5 Å². The van der Waals surface area contributed by atoms with E-state index in [1.165, 1.54) is 18.2 Å². The van der Waals surface area contributed by atoms with Crippen LogP contribution in [0.1, 0.15) is 12.5 Å². The molecule has 2 rings (SSSR count). The molecule has 0 radical (unpaired) electrons. The summed E-state index contributed by atoms with van der Waals surface area (Å²) in [5.41, 5.74) is 0.196. The fourth-order valence-corrected chi connectivity index (χ4v) is 3.25. The molecule has 1 N–H and O–H groups in total. The Morgan fingerprint density at radius 3 is 2.34 bits per heavy atom. The maximum Gasteiger partial charge on any atom is 0.235 e. The smallest absolute Gasteiger partial charge is 0.235 e. The van der Waals surface area contributed by atoms with E-state index in [9.17, 15) is 17.6 Å². The van der Waals surface area contributed by atoms with Gasteiger partial charge < -0.3 is 14.8 Å². The SMILES string of the molecule is COc1ccc(OC[C@H](C)NC(=O)CN(Cc2ccccc2F)S(C)(=O)=O)cc1. The van der Waals surface area contributed by atoms with E-state index in [1.54, 1.807) is 44.4 Å². The molecule has 0 aromatic heterocycles. The van der Waals surface area contributed by atoms with Crippen molar-refractivity contribution in [2.24, 2.45) is 0 Å². The zero-order valence-electron chi connectivity index (χ0n) is 16.6. The van der Waals surface area contributed by atoms with Gasteiger partial charge in [-0.05, 0) is 37.3 Å². The van der Waals surface area contributed by atoms with E-state index in [0.29, 0.717) is 11.5 Å². The fourth-order valence-electron chi connectivity index (χ4n) is 2.52. The molecular weight excluding hydrogens is 399 g/mol. The predicted molar refractivity (Wildman–Crippen MR) is 108 cm³/mol. The molecule has 0 aliphatic heterocycles. The first-order valence-corrected chi connectivity index (χ1v) is 10.8. The van der Waals surface area contributed by atoms with E-state index in [-0.39, 0.29) is 24.8 Å². The van der Waals surface area contributed by atoms with Crippen LogP contribution in [0.4, 0.5) is 4.39 Å². The molecule has 0 aliphatic rings. The van der Waals surface area contributed by atoms with Gasteiger partial charge in [-0.15, -0.1) is 0 Å². The van der Waals surface area contributed by atoms with Crippen LogP contribution in [0, 0.1) is 5.82 Å². The number of carbonyl (C=O) groups is 1. The largest absolute Gasteiger partial charge is 0.497 e. The Bertz CT molecular complexity index is 919. The molecule has 29 heavy (non-hydrogen) atoms. The molecule has 0 bridgehead atoms. The molecule has 0 aliphatic carbocycles. The average Bonchev–Trinajstić information content (AvgIpc) is 2.67. The van der Waals surface area contributed by atoms with Crippen LogP contribution < -0.4 is 14.8 Å². The number of nitrogens with one attached hydrogen (secondary N) is 1. The number of ether oxygens (including phenoxy) is 2. The van der Waals surface area contributed by atoms with Crippen LogP contribution in [0.5, 0.6) is 11.5 Å². The van der Waals surface area contributed by atoms with Gasteiger partial charge in [0, 0.05) is 12.1 Å². The minimum absolute atomic E-state index is 0.196. The Balaban J connectivity index is 1.90. The zero-order valence-corrected chi connectivity index (χ0v) is 17.4. The summed E-state index contributed by atoms with van der Waals surface area (Å²) in [4.78, 5) is 12.3. The van der Waals surface area contributed by atoms with Crippen molar-refractivity contribution in [2.75, 3.05) is 26.5 Å². The molecule has 1 amide bonds. The molecule has 0 saturated carbocycles. The molecule has 7 nitrogen and oxygen atoms in total. The maximum absolute atomic E-state index is 13.8. The number of hydrogen-bond acceptors (Lipinski definition) is 5. The van der Waals surface area contributed by atoms with Crippen molar-refractivity contribution in [2.45, 2.75) is 19.5 Å². The van der Waals surface area contributed by atoms with Gasteiger partial charge in [0.15, 0.2) is 0 Å². The summed E-state index contributed by atoms with van der Waals surface area (Å²) in [5, 5.41) is 2.69. The van der Waals surface area contributed by atoms with Crippen LogP contribution in [-0.4, -0.2) is 51.2 Å². The number of rotatable bonds is 10. The summed E-state index contributed by atoms with van der Waals surface area (Å²) in [7, 11) is -2.14. The third-order valence-electron chi connectivity index (χ3n) is 4.06. The summed E-state index contributed by atoms with van der Waals surface area (Å²) in [6.45, 7) is 1.29. The molecule has 0 saturated heterocycles. The van der Waals surface area contributed by atoms with Crippen molar-refractivity contribution in [1.82, 2.24) is 9.62 Å². The highest BCUT2D eigenvalue weighted by Crippen LogP contribution is 2.17. The highest BCUT2D eigenvalue weighted by atomic mass is 32.2. The van der Waals surface area contributed by atoms with Crippen molar-refractivity contribution in [1.29, 1.82) is 0 Å². The van der Waals surface area contributed by atoms with Crippen molar-refractivity contribution in [3.05, 3.63) is 59.9 Å². The van der Waals surface area contributed by atoms with Gasteiger partial charge in [-0.2, -0.15) is 4.31 Å². The van der Waals surface area contributed by atoms with Gasteiger partial charge in [-0.1, -0.05) is 18.2 Å². The Hall–Kier alpha value is -2.65. The molecule has 2 aromatic carbocycles. The van der Waals surface area contributed by atoms with Gasteiger partial charge >= 0.3 is 0 Å². The molecule has 1 atom stereocenters. The van der Waals surface area contributed by atoms with Gasteiger partial charge in [0.1, 0.15) is 23.9 Å². The summed E-state index contributed by atoms with van der Waals surface area (Å²) in [6.07, 6.45) is 0.983. The maximum atomic E-state index is 13.8. The Kier molecular flexibility index (Phi) is 7.98. The summed E-state index contributed by atoms with van der Waals surface area (Å²) in [6, 6.07) is 12.5. The van der Waals surface area contributed by atoms with Crippen LogP contribution in [0.3, 0.4) is 0 Å². The first-order chi connectivity index (χ1) is 13.7. The van der Waals surface area contributed by atoms with Crippen molar-refractivity contribution in [3.8, 4) is 11.5 Å². The second-order valence-electron chi connectivity index (χ2n) is 6.58. The Morgan fingerprint density at radius 2 is 1.76 bits per heavy atom. The molecule has 0 fully saturated rings. The first-order valence-electron chi connectivity index (χ1n) is 8.93. The lowest BCUT2D eigenvalue weighted by Gasteiger charge is -2.21. The number of carbonyl (C=O) groups excluding carboxylic acids is 1. The van der Waals surface area contributed by atoms with Gasteiger partial charge in [0.2, 0.25) is 15.9 Å². The lowest BCUT2D eigenvalue weighted by molar-refractivity contribution is -0.122. The van der Waals surface area contributed by atoms with Crippen LogP contribution >= 0.6 is 0 Å². The number of benzene rings is 2. The fraction of sp³-hybridized carbons (Fsp3) is 0.350. The van der Waals surface area contributed by atoms with Crippen LogP contribution in [0.2, 0.25) is 0 Å². The van der Waals surface area contributed by atoms with Crippen LogP contribution in [-0.2, 0) is 21.4 Å². The summed E-state index contributed by atoms with van der Waals surface area (Å²) in [5.74, 6) is 0.291. The third kappa shape index (κ3) is 7.35. The van der Waals surface area contributed by atoms with Gasteiger partial charge in [-0.25, -0.2) is 12.8 Å². The van der Waals surface area contributed by atoms with Gasteiger partial charge in [0.25, 0.3) is 0 Å². The standard InChI is InChI=1S/C20H25FN2O5S/c1-15(14-28-18-10-8-17(27-2)9-11-18)22-20(24)13-23(29(3,25)26)12-16-6-4-5-7-19(16)21/h4-11,15H,12-14H2,1-3H3,(H,22,24)/t15-/m0/s1. The molecule has 158 valence electrons. The third-order valence-corrected chi connectivity index (χ3v) is 5.26. The van der Waals surface area contributed by atoms with Crippen LogP contribution in [0.25, 0.3) is 0 Å². The number of sulfonamides is 1. The van der Waals surface area contributed by atoms with E-state index >= 15 is 0 Å². The predicted octanol–water partition coefficient (Wildman–Crippen LogP) is 2.18. The van der Waals surface area contributed by atoms with E-state index in [1.807, 2.05) is 0 Å². The molecule has 0 heterocycles. The highest BCUT2D eigenvalue weighted by Gasteiger charge is 2.22. The van der Waals surface area contributed by atoms with E-state index in [4.69, 9.17) is 9.47 Å².